The molecule has 0 saturated carbocycles. The van der Waals surface area contributed by atoms with Crippen molar-refractivity contribution in [2.45, 2.75) is 0 Å². The van der Waals surface area contributed by atoms with Gasteiger partial charge in [-0.3, -0.25) is 10.1 Å². The first-order valence-electron chi connectivity index (χ1n) is 8.14. The van der Waals surface area contributed by atoms with Crippen molar-refractivity contribution >= 4 is 45.7 Å². The number of carboxylic acids is 1. The molecule has 3 aromatic rings. The quantitative estimate of drug-likeness (QED) is 0.501. The summed E-state index contributed by atoms with van der Waals surface area (Å²) in [7, 11) is 1.48. The van der Waals surface area contributed by atoms with Crippen LogP contribution in [0.2, 0.25) is 0 Å². The Balaban J connectivity index is 1.77. The van der Waals surface area contributed by atoms with Crippen LogP contribution in [0.25, 0.3) is 10.8 Å². The van der Waals surface area contributed by atoms with Gasteiger partial charge in [0, 0.05) is 11.8 Å². The van der Waals surface area contributed by atoms with E-state index in [4.69, 9.17) is 22.1 Å². The van der Waals surface area contributed by atoms with Crippen LogP contribution in [-0.2, 0) is 0 Å². The Morgan fingerprint density at radius 3 is 2.29 bits per heavy atom. The molecular formula is C20H16N2O5S. The lowest BCUT2D eigenvalue weighted by molar-refractivity contribution is 0.0693. The second kappa shape index (κ2) is 7.93. The van der Waals surface area contributed by atoms with Crippen LogP contribution in [0.4, 0.5) is 5.69 Å². The minimum atomic E-state index is -1.25. The molecule has 0 aliphatic rings. The van der Waals surface area contributed by atoms with E-state index in [0.717, 1.165) is 10.8 Å². The molecule has 0 unspecified atom stereocenters. The molecule has 0 aliphatic heterocycles. The van der Waals surface area contributed by atoms with E-state index in [1.807, 2.05) is 24.3 Å². The zero-order valence-electron chi connectivity index (χ0n) is 14.7. The summed E-state index contributed by atoms with van der Waals surface area (Å²) in [5.74, 6) is -1.72. The Hall–Kier alpha value is -3.65. The van der Waals surface area contributed by atoms with Gasteiger partial charge in [-0.2, -0.15) is 0 Å². The number of ether oxygens (including phenoxy) is 1. The molecule has 3 rings (SSSR count). The fraction of sp³-hybridized carbons (Fsp3) is 0.0500. The molecule has 0 bridgehead atoms. The first-order chi connectivity index (χ1) is 13.4. The van der Waals surface area contributed by atoms with E-state index >= 15 is 0 Å². The van der Waals surface area contributed by atoms with Gasteiger partial charge in [-0.1, -0.05) is 24.3 Å². The molecule has 4 N–H and O–H groups in total. The number of methoxy groups -OCH3 is 1. The second-order valence-corrected chi connectivity index (χ2v) is 6.25. The molecule has 1 amide bonds. The topological polar surface area (TPSA) is 108 Å². The maximum absolute atomic E-state index is 12.6. The lowest BCUT2D eigenvalue weighted by Crippen LogP contribution is -2.34. The molecule has 28 heavy (non-hydrogen) atoms. The van der Waals surface area contributed by atoms with Crippen LogP contribution < -0.4 is 15.4 Å². The summed E-state index contributed by atoms with van der Waals surface area (Å²) in [6, 6.07) is 14.9. The van der Waals surface area contributed by atoms with E-state index in [1.54, 1.807) is 12.1 Å². The van der Waals surface area contributed by atoms with E-state index in [2.05, 4.69) is 10.6 Å². The highest BCUT2D eigenvalue weighted by Gasteiger charge is 2.16. The lowest BCUT2D eigenvalue weighted by Gasteiger charge is -2.13. The van der Waals surface area contributed by atoms with Gasteiger partial charge in [0.1, 0.15) is 17.1 Å². The van der Waals surface area contributed by atoms with E-state index in [0.29, 0.717) is 17.0 Å². The van der Waals surface area contributed by atoms with Crippen molar-refractivity contribution in [2.24, 2.45) is 0 Å². The van der Waals surface area contributed by atoms with Crippen molar-refractivity contribution in [1.29, 1.82) is 0 Å². The molecule has 3 aromatic carbocycles. The third kappa shape index (κ3) is 4.02. The van der Waals surface area contributed by atoms with Crippen LogP contribution in [0.3, 0.4) is 0 Å². The number of nitrogens with one attached hydrogen (secondary N) is 2. The number of anilines is 1. The van der Waals surface area contributed by atoms with Gasteiger partial charge in [0.25, 0.3) is 5.91 Å². The van der Waals surface area contributed by atoms with Crippen molar-refractivity contribution in [2.75, 3.05) is 12.4 Å². The van der Waals surface area contributed by atoms with Crippen LogP contribution in [0.1, 0.15) is 20.7 Å². The van der Waals surface area contributed by atoms with Gasteiger partial charge in [0.2, 0.25) is 0 Å². The molecule has 0 radical (unpaired) electrons. The molecule has 0 fully saturated rings. The molecule has 0 heterocycles. The molecule has 0 aliphatic carbocycles. The molecule has 0 spiro atoms. The van der Waals surface area contributed by atoms with E-state index in [-0.39, 0.29) is 10.7 Å². The highest BCUT2D eigenvalue weighted by molar-refractivity contribution is 7.80. The summed E-state index contributed by atoms with van der Waals surface area (Å²) in [5.41, 5.74) is 0.411. The number of aromatic carboxylic acids is 1. The smallest absolute Gasteiger partial charge is 0.339 e. The summed E-state index contributed by atoms with van der Waals surface area (Å²) < 4.78 is 5.31. The Bertz CT molecular complexity index is 1100. The van der Waals surface area contributed by atoms with Gasteiger partial charge in [-0.15, -0.1) is 0 Å². The lowest BCUT2D eigenvalue weighted by atomic mass is 10.1. The fourth-order valence-electron chi connectivity index (χ4n) is 2.69. The zero-order valence-corrected chi connectivity index (χ0v) is 15.5. The van der Waals surface area contributed by atoms with Crippen molar-refractivity contribution in [3.8, 4) is 11.5 Å². The van der Waals surface area contributed by atoms with Gasteiger partial charge >= 0.3 is 5.97 Å². The normalized spacial score (nSPS) is 10.3. The van der Waals surface area contributed by atoms with E-state index in [1.165, 1.54) is 25.3 Å². The van der Waals surface area contributed by atoms with Gasteiger partial charge < -0.3 is 20.3 Å². The number of hydrogen-bond donors (Lipinski definition) is 4. The maximum atomic E-state index is 12.6. The third-order valence-electron chi connectivity index (χ3n) is 4.03. The number of carboxylic acid groups (broad SMARTS) is 1. The summed E-state index contributed by atoms with van der Waals surface area (Å²) in [6.45, 7) is 0. The van der Waals surface area contributed by atoms with Crippen LogP contribution in [0.5, 0.6) is 11.5 Å². The highest BCUT2D eigenvalue weighted by Crippen LogP contribution is 2.26. The van der Waals surface area contributed by atoms with Gasteiger partial charge in [0.15, 0.2) is 5.11 Å². The van der Waals surface area contributed by atoms with Crippen molar-refractivity contribution < 1.29 is 24.5 Å². The Kier molecular flexibility index (Phi) is 5.42. The van der Waals surface area contributed by atoms with Gasteiger partial charge in [0.05, 0.1) is 12.7 Å². The number of thiocarbonyl (C=S) groups is 1. The SMILES string of the molecule is COc1cc2ccccc2cc1C(=O)NC(=S)Nc1ccc(C(=O)O)c(O)c1. The Morgan fingerprint density at radius 2 is 1.68 bits per heavy atom. The molecule has 0 saturated heterocycles. The van der Waals surface area contributed by atoms with Crippen molar-refractivity contribution in [1.82, 2.24) is 5.32 Å². The largest absolute Gasteiger partial charge is 0.507 e. The second-order valence-electron chi connectivity index (χ2n) is 5.84. The maximum Gasteiger partial charge on any atom is 0.339 e. The van der Waals surface area contributed by atoms with Gasteiger partial charge in [-0.25, -0.2) is 4.79 Å². The first-order valence-corrected chi connectivity index (χ1v) is 8.55. The van der Waals surface area contributed by atoms with Crippen LogP contribution in [0.15, 0.2) is 54.6 Å². The first kappa shape index (κ1) is 19.1. The predicted molar refractivity (Wildman–Crippen MR) is 109 cm³/mol. The minimum absolute atomic E-state index is 0.0114. The average molecular weight is 396 g/mol. The molecule has 7 nitrogen and oxygen atoms in total. The number of fused-ring (bicyclic) bond motifs is 1. The summed E-state index contributed by atoms with van der Waals surface area (Å²) in [4.78, 5) is 23.6. The molecule has 0 atom stereocenters. The number of benzene rings is 3. The number of phenols is 1. The summed E-state index contributed by atoms with van der Waals surface area (Å²) in [6.07, 6.45) is 0. The monoisotopic (exact) mass is 396 g/mol. The summed E-state index contributed by atoms with van der Waals surface area (Å²) in [5, 5.41) is 25.7. The number of rotatable bonds is 4. The van der Waals surface area contributed by atoms with Gasteiger partial charge in [-0.05, 0) is 47.3 Å². The molecule has 142 valence electrons. The van der Waals surface area contributed by atoms with Crippen LogP contribution >= 0.6 is 12.2 Å². The minimum Gasteiger partial charge on any atom is -0.507 e. The number of carbonyl (C=O) groups excluding carboxylic acids is 1. The number of aromatic hydroxyl groups is 1. The number of hydrogen-bond acceptors (Lipinski definition) is 5. The molecule has 0 aromatic heterocycles. The highest BCUT2D eigenvalue weighted by atomic mass is 32.1. The Morgan fingerprint density at radius 1 is 1.00 bits per heavy atom. The third-order valence-corrected chi connectivity index (χ3v) is 4.23. The molecular weight excluding hydrogens is 380 g/mol. The van der Waals surface area contributed by atoms with Crippen LogP contribution in [0, 0.1) is 0 Å². The number of carbonyl (C=O) groups is 2. The van der Waals surface area contributed by atoms with Crippen molar-refractivity contribution in [3.05, 3.63) is 65.7 Å². The fourth-order valence-corrected chi connectivity index (χ4v) is 2.90. The Labute approximate surface area is 165 Å². The van der Waals surface area contributed by atoms with Crippen LogP contribution in [-0.4, -0.2) is 34.3 Å². The van der Waals surface area contributed by atoms with E-state index < -0.39 is 17.6 Å². The average Bonchev–Trinajstić information content (AvgIpc) is 2.66. The molecule has 8 heteroatoms. The van der Waals surface area contributed by atoms with E-state index in [9.17, 15) is 14.7 Å². The number of amides is 1. The summed E-state index contributed by atoms with van der Waals surface area (Å²) >= 11 is 5.13. The predicted octanol–water partition coefficient (Wildman–Crippen LogP) is 3.38. The standard InChI is InChI=1S/C20H16N2O5S/c1-27-17-9-12-5-3-2-4-11(12)8-15(17)18(24)22-20(28)21-13-6-7-14(19(25)26)16(23)10-13/h2-10,23H,1H3,(H,25,26)(H2,21,22,24,28). The van der Waals surface area contributed by atoms with Crippen molar-refractivity contribution in [3.63, 3.8) is 0 Å². The zero-order chi connectivity index (χ0) is 20.3.